The molecule has 0 radical (unpaired) electrons. The summed E-state index contributed by atoms with van der Waals surface area (Å²) in [6.45, 7) is 8.23. The molecule has 0 spiro atoms. The highest BCUT2D eigenvalue weighted by molar-refractivity contribution is 5.59. The number of aromatic nitrogens is 2. The molecule has 0 bridgehead atoms. The Kier molecular flexibility index (Phi) is 3.56. The summed E-state index contributed by atoms with van der Waals surface area (Å²) >= 11 is 0. The van der Waals surface area contributed by atoms with Crippen molar-refractivity contribution in [3.05, 3.63) is 52.1 Å². The molecule has 0 aliphatic heterocycles. The first kappa shape index (κ1) is 13.5. The van der Waals surface area contributed by atoms with Crippen LogP contribution in [0.5, 0.6) is 0 Å². The van der Waals surface area contributed by atoms with Crippen molar-refractivity contribution in [2.75, 3.05) is 0 Å². The number of rotatable bonds is 2. The maximum Gasteiger partial charge on any atom is 0.251 e. The number of hydrogen-bond donors (Lipinski definition) is 1. The van der Waals surface area contributed by atoms with Gasteiger partial charge in [0, 0.05) is 17.0 Å². The van der Waals surface area contributed by atoms with E-state index in [9.17, 15) is 4.79 Å². The number of aryl methyl sites for hydroxylation is 1. The third-order valence-corrected chi connectivity index (χ3v) is 3.08. The number of hydrogen-bond acceptors (Lipinski definition) is 2. The van der Waals surface area contributed by atoms with Gasteiger partial charge in [0.1, 0.15) is 5.82 Å². The lowest BCUT2D eigenvalue weighted by molar-refractivity contribution is 0.543. The van der Waals surface area contributed by atoms with E-state index in [0.717, 1.165) is 23.5 Å². The van der Waals surface area contributed by atoms with Gasteiger partial charge < -0.3 is 4.98 Å². The number of H-pyrrole nitrogens is 1. The molecule has 0 saturated carbocycles. The fraction of sp³-hybridized carbons (Fsp3) is 0.375. The van der Waals surface area contributed by atoms with E-state index in [4.69, 9.17) is 0 Å². The van der Waals surface area contributed by atoms with Crippen molar-refractivity contribution < 1.29 is 0 Å². The summed E-state index contributed by atoms with van der Waals surface area (Å²) in [5, 5.41) is 0. The average Bonchev–Trinajstić information content (AvgIpc) is 2.37. The lowest BCUT2D eigenvalue weighted by Crippen LogP contribution is -2.21. The van der Waals surface area contributed by atoms with Crippen LogP contribution in [0.2, 0.25) is 0 Å². The summed E-state index contributed by atoms with van der Waals surface area (Å²) in [5.74, 6) is 0.719. The number of benzene rings is 1. The smallest absolute Gasteiger partial charge is 0.251 e. The van der Waals surface area contributed by atoms with E-state index in [1.54, 1.807) is 6.07 Å². The summed E-state index contributed by atoms with van der Waals surface area (Å²) in [7, 11) is 0. The van der Waals surface area contributed by atoms with Crippen LogP contribution in [0.15, 0.2) is 35.1 Å². The van der Waals surface area contributed by atoms with Crippen LogP contribution in [0.4, 0.5) is 0 Å². The lowest BCUT2D eigenvalue weighted by Gasteiger charge is -2.17. The minimum atomic E-state index is -0.169. The summed E-state index contributed by atoms with van der Waals surface area (Å²) in [5.41, 5.74) is 2.71. The molecule has 3 nitrogen and oxygen atoms in total. The van der Waals surface area contributed by atoms with Gasteiger partial charge in [-0.3, -0.25) is 4.79 Å². The van der Waals surface area contributed by atoms with Gasteiger partial charge in [-0.05, 0) is 18.1 Å². The van der Waals surface area contributed by atoms with Gasteiger partial charge in [0.05, 0.1) is 5.69 Å². The van der Waals surface area contributed by atoms with Gasteiger partial charge in [-0.15, -0.1) is 0 Å². The van der Waals surface area contributed by atoms with Crippen molar-refractivity contribution >= 4 is 0 Å². The second kappa shape index (κ2) is 5.00. The van der Waals surface area contributed by atoms with Crippen LogP contribution in [-0.4, -0.2) is 9.97 Å². The monoisotopic (exact) mass is 256 g/mol. The fourth-order valence-electron chi connectivity index (χ4n) is 1.91. The Morgan fingerprint density at radius 1 is 1.21 bits per heavy atom. The molecule has 100 valence electrons. The topological polar surface area (TPSA) is 45.8 Å². The highest BCUT2D eigenvalue weighted by Crippen LogP contribution is 2.21. The third-order valence-electron chi connectivity index (χ3n) is 3.08. The molecule has 0 saturated heterocycles. The zero-order chi connectivity index (χ0) is 14.0. The Morgan fingerprint density at radius 2 is 1.95 bits per heavy atom. The number of nitrogens with zero attached hydrogens (tertiary/aromatic N) is 1. The van der Waals surface area contributed by atoms with Crippen LogP contribution >= 0.6 is 0 Å². The predicted octanol–water partition coefficient (Wildman–Crippen LogP) is 3.30. The van der Waals surface area contributed by atoms with Crippen LogP contribution in [0.3, 0.4) is 0 Å². The summed E-state index contributed by atoms with van der Waals surface area (Å²) in [6, 6.07) is 9.74. The van der Waals surface area contributed by atoms with Crippen molar-refractivity contribution in [3.63, 3.8) is 0 Å². The van der Waals surface area contributed by atoms with Crippen molar-refractivity contribution in [3.8, 4) is 11.3 Å². The zero-order valence-corrected chi connectivity index (χ0v) is 11.9. The van der Waals surface area contributed by atoms with E-state index in [2.05, 4.69) is 29.0 Å². The van der Waals surface area contributed by atoms with Crippen LogP contribution < -0.4 is 5.56 Å². The van der Waals surface area contributed by atoms with Gasteiger partial charge in [0.25, 0.3) is 5.56 Å². The number of aromatic amines is 1. The molecule has 0 fully saturated rings. The molecule has 1 heterocycles. The van der Waals surface area contributed by atoms with Crippen molar-refractivity contribution in [1.82, 2.24) is 9.97 Å². The van der Waals surface area contributed by atoms with Gasteiger partial charge >= 0.3 is 0 Å². The standard InChI is InChI=1S/C16H20N2O/c1-5-11-7-6-8-12(9-11)13-10-14(19)18-15(17-13)16(2,3)4/h6-10H,5H2,1-4H3,(H,17,18,19). The van der Waals surface area contributed by atoms with E-state index in [-0.39, 0.29) is 11.0 Å². The molecule has 1 N–H and O–H groups in total. The third kappa shape index (κ3) is 3.11. The van der Waals surface area contributed by atoms with Gasteiger partial charge in [-0.25, -0.2) is 4.98 Å². The normalized spacial score (nSPS) is 11.6. The Balaban J connectivity index is 2.56. The molecule has 19 heavy (non-hydrogen) atoms. The molecule has 0 atom stereocenters. The van der Waals surface area contributed by atoms with Crippen LogP contribution in [0.1, 0.15) is 39.1 Å². The van der Waals surface area contributed by atoms with E-state index >= 15 is 0 Å². The van der Waals surface area contributed by atoms with Crippen molar-refractivity contribution in [1.29, 1.82) is 0 Å². The maximum absolute atomic E-state index is 11.8. The van der Waals surface area contributed by atoms with Crippen LogP contribution in [-0.2, 0) is 11.8 Å². The summed E-state index contributed by atoms with van der Waals surface area (Å²) in [4.78, 5) is 19.2. The van der Waals surface area contributed by atoms with Crippen molar-refractivity contribution in [2.24, 2.45) is 0 Å². The van der Waals surface area contributed by atoms with Gasteiger partial charge in [-0.2, -0.15) is 0 Å². The second-order valence-corrected chi connectivity index (χ2v) is 5.78. The van der Waals surface area contributed by atoms with Crippen LogP contribution in [0, 0.1) is 0 Å². The van der Waals surface area contributed by atoms with Gasteiger partial charge in [0.2, 0.25) is 0 Å². The maximum atomic E-state index is 11.8. The predicted molar refractivity (Wildman–Crippen MR) is 78.4 cm³/mol. The molecule has 0 amide bonds. The SMILES string of the molecule is CCc1cccc(-c2cc(=O)[nH]c(C(C)(C)C)n2)c1. The molecule has 1 aromatic carbocycles. The highest BCUT2D eigenvalue weighted by Gasteiger charge is 2.17. The Labute approximate surface area is 113 Å². The number of nitrogens with one attached hydrogen (secondary N) is 1. The highest BCUT2D eigenvalue weighted by atomic mass is 16.1. The average molecular weight is 256 g/mol. The molecule has 0 aliphatic carbocycles. The van der Waals surface area contributed by atoms with Crippen molar-refractivity contribution in [2.45, 2.75) is 39.5 Å². The Morgan fingerprint density at radius 3 is 2.58 bits per heavy atom. The molecular formula is C16H20N2O. The second-order valence-electron chi connectivity index (χ2n) is 5.78. The molecule has 1 aromatic heterocycles. The van der Waals surface area contributed by atoms with Gasteiger partial charge in [0.15, 0.2) is 0 Å². The van der Waals surface area contributed by atoms with Gasteiger partial charge in [-0.1, -0.05) is 45.9 Å². The fourth-order valence-corrected chi connectivity index (χ4v) is 1.91. The zero-order valence-electron chi connectivity index (χ0n) is 11.9. The summed E-state index contributed by atoms with van der Waals surface area (Å²) in [6.07, 6.45) is 0.975. The summed E-state index contributed by atoms with van der Waals surface area (Å²) < 4.78 is 0. The Bertz CT molecular complexity index is 636. The quantitative estimate of drug-likeness (QED) is 0.896. The lowest BCUT2D eigenvalue weighted by atomic mass is 9.95. The Hall–Kier alpha value is -1.90. The van der Waals surface area contributed by atoms with Crippen LogP contribution in [0.25, 0.3) is 11.3 Å². The molecular weight excluding hydrogens is 236 g/mol. The molecule has 3 heteroatoms. The van der Waals surface area contributed by atoms with E-state index in [0.29, 0.717) is 0 Å². The van der Waals surface area contributed by atoms with E-state index in [1.165, 1.54) is 5.56 Å². The minimum Gasteiger partial charge on any atom is -0.310 e. The molecule has 0 unspecified atom stereocenters. The molecule has 0 aliphatic rings. The molecule has 2 rings (SSSR count). The first-order valence-corrected chi connectivity index (χ1v) is 6.61. The van der Waals surface area contributed by atoms with E-state index < -0.39 is 0 Å². The minimum absolute atomic E-state index is 0.100. The largest absolute Gasteiger partial charge is 0.310 e. The first-order valence-electron chi connectivity index (χ1n) is 6.61. The first-order chi connectivity index (χ1) is 8.90. The van der Waals surface area contributed by atoms with E-state index in [1.807, 2.05) is 32.9 Å². The molecule has 2 aromatic rings.